The Morgan fingerprint density at radius 2 is 2.43 bits per heavy atom. The summed E-state index contributed by atoms with van der Waals surface area (Å²) >= 11 is 0. The van der Waals surface area contributed by atoms with Gasteiger partial charge < -0.3 is 5.11 Å². The first-order valence-electron chi connectivity index (χ1n) is 2.18. The Morgan fingerprint density at radius 1 is 1.86 bits per heavy atom. The van der Waals surface area contributed by atoms with E-state index in [1.807, 2.05) is 0 Å². The molecule has 7 heavy (non-hydrogen) atoms. The quantitative estimate of drug-likeness (QED) is 0.527. The SMILES string of the molecule is C=C[C@@H](F)CCO. The van der Waals surface area contributed by atoms with Gasteiger partial charge in [0.05, 0.1) is 0 Å². The van der Waals surface area contributed by atoms with E-state index in [1.165, 1.54) is 6.08 Å². The molecule has 0 aromatic carbocycles. The predicted molar refractivity (Wildman–Crippen MR) is 26.8 cm³/mol. The van der Waals surface area contributed by atoms with Gasteiger partial charge in [0.25, 0.3) is 0 Å². The lowest BCUT2D eigenvalue weighted by Gasteiger charge is -1.93. The van der Waals surface area contributed by atoms with Crippen LogP contribution >= 0.6 is 0 Å². The van der Waals surface area contributed by atoms with E-state index in [0.717, 1.165) is 0 Å². The highest BCUT2D eigenvalue weighted by molar-refractivity contribution is 4.77. The number of aliphatic hydroxyl groups is 1. The molecule has 0 amide bonds. The lowest BCUT2D eigenvalue weighted by atomic mass is 10.3. The topological polar surface area (TPSA) is 20.2 Å². The fourth-order valence-corrected chi connectivity index (χ4v) is 0.241. The molecule has 1 atom stereocenters. The van der Waals surface area contributed by atoms with Crippen LogP contribution in [0.15, 0.2) is 12.7 Å². The van der Waals surface area contributed by atoms with Crippen molar-refractivity contribution < 1.29 is 9.50 Å². The van der Waals surface area contributed by atoms with Crippen LogP contribution in [0.4, 0.5) is 4.39 Å². The van der Waals surface area contributed by atoms with Gasteiger partial charge in [-0.05, 0) is 0 Å². The molecule has 0 heterocycles. The molecule has 0 spiro atoms. The minimum atomic E-state index is -1.04. The Balaban J connectivity index is 2.98. The van der Waals surface area contributed by atoms with E-state index in [1.54, 1.807) is 0 Å². The second-order valence-corrected chi connectivity index (χ2v) is 1.26. The van der Waals surface area contributed by atoms with Crippen LogP contribution in [0.3, 0.4) is 0 Å². The lowest BCUT2D eigenvalue weighted by Crippen LogP contribution is -1.96. The van der Waals surface area contributed by atoms with Crippen molar-refractivity contribution in [2.75, 3.05) is 6.61 Å². The number of allylic oxidation sites excluding steroid dienone is 1. The molecular formula is C5H9FO. The van der Waals surface area contributed by atoms with Crippen molar-refractivity contribution in [2.24, 2.45) is 0 Å². The third-order valence-corrected chi connectivity index (χ3v) is 0.661. The monoisotopic (exact) mass is 104 g/mol. The van der Waals surface area contributed by atoms with Crippen LogP contribution < -0.4 is 0 Å². The van der Waals surface area contributed by atoms with Crippen molar-refractivity contribution in [1.29, 1.82) is 0 Å². The first-order chi connectivity index (χ1) is 3.31. The number of alkyl halides is 1. The Hall–Kier alpha value is -0.370. The Morgan fingerprint density at radius 3 is 2.57 bits per heavy atom. The highest BCUT2D eigenvalue weighted by Gasteiger charge is 1.95. The number of halogens is 1. The van der Waals surface area contributed by atoms with Gasteiger partial charge in [0.15, 0.2) is 0 Å². The smallest absolute Gasteiger partial charge is 0.120 e. The minimum Gasteiger partial charge on any atom is -0.396 e. The molecule has 42 valence electrons. The van der Waals surface area contributed by atoms with Crippen molar-refractivity contribution >= 4 is 0 Å². The second kappa shape index (κ2) is 3.81. The minimum absolute atomic E-state index is 0.104. The van der Waals surface area contributed by atoms with Gasteiger partial charge in [0, 0.05) is 13.0 Å². The third-order valence-electron chi connectivity index (χ3n) is 0.661. The summed E-state index contributed by atoms with van der Waals surface area (Å²) in [6.07, 6.45) is 0.310. The average Bonchev–Trinajstić information content (AvgIpc) is 1.68. The van der Waals surface area contributed by atoms with Crippen molar-refractivity contribution in [2.45, 2.75) is 12.6 Å². The summed E-state index contributed by atoms with van der Waals surface area (Å²) < 4.78 is 11.9. The zero-order chi connectivity index (χ0) is 5.70. The van der Waals surface area contributed by atoms with E-state index in [2.05, 4.69) is 6.58 Å². The average molecular weight is 104 g/mol. The molecular weight excluding hydrogens is 95.1 g/mol. The highest BCUT2D eigenvalue weighted by atomic mass is 19.1. The third kappa shape index (κ3) is 3.46. The molecule has 0 unspecified atom stereocenters. The van der Waals surface area contributed by atoms with Crippen molar-refractivity contribution in [1.82, 2.24) is 0 Å². The summed E-state index contributed by atoms with van der Waals surface area (Å²) in [5.74, 6) is 0. The molecule has 0 saturated heterocycles. The first kappa shape index (κ1) is 6.63. The highest BCUT2D eigenvalue weighted by Crippen LogP contribution is 1.95. The predicted octanol–water partition coefficient (Wildman–Crippen LogP) is 0.893. The van der Waals surface area contributed by atoms with E-state index in [-0.39, 0.29) is 13.0 Å². The van der Waals surface area contributed by atoms with Crippen LogP contribution in [0.5, 0.6) is 0 Å². The summed E-state index contributed by atoms with van der Waals surface area (Å²) in [4.78, 5) is 0. The molecule has 0 aliphatic heterocycles. The van der Waals surface area contributed by atoms with Crippen molar-refractivity contribution in [3.05, 3.63) is 12.7 Å². The molecule has 1 nitrogen and oxygen atoms in total. The Labute approximate surface area is 42.5 Å². The number of aliphatic hydroxyl groups excluding tert-OH is 1. The zero-order valence-electron chi connectivity index (χ0n) is 4.10. The number of hydrogen-bond donors (Lipinski definition) is 1. The lowest BCUT2D eigenvalue weighted by molar-refractivity contribution is 0.244. The molecule has 0 aliphatic carbocycles. The maximum Gasteiger partial charge on any atom is 0.120 e. The summed E-state index contributed by atoms with van der Waals surface area (Å²) in [7, 11) is 0. The zero-order valence-corrected chi connectivity index (χ0v) is 4.10. The standard InChI is InChI=1S/C5H9FO/c1-2-5(6)3-4-7/h2,5,7H,1,3-4H2/t5-/m1/s1. The molecule has 1 N–H and O–H groups in total. The van der Waals surface area contributed by atoms with E-state index in [9.17, 15) is 4.39 Å². The fourth-order valence-electron chi connectivity index (χ4n) is 0.241. The van der Waals surface area contributed by atoms with E-state index in [4.69, 9.17) is 5.11 Å². The Kier molecular flexibility index (Phi) is 3.61. The molecule has 0 radical (unpaired) electrons. The maximum absolute atomic E-state index is 11.9. The summed E-state index contributed by atoms with van der Waals surface area (Å²) in [5.41, 5.74) is 0. The van der Waals surface area contributed by atoms with Gasteiger partial charge in [-0.3, -0.25) is 0 Å². The van der Waals surface area contributed by atoms with E-state index >= 15 is 0 Å². The van der Waals surface area contributed by atoms with Crippen LogP contribution in [-0.4, -0.2) is 17.9 Å². The molecule has 0 aliphatic rings. The fraction of sp³-hybridized carbons (Fsp3) is 0.600. The molecule has 0 saturated carbocycles. The van der Waals surface area contributed by atoms with Crippen LogP contribution in [-0.2, 0) is 0 Å². The Bertz CT molecular complexity index is 54.0. The molecule has 2 heteroatoms. The van der Waals surface area contributed by atoms with Crippen LogP contribution in [0.1, 0.15) is 6.42 Å². The normalized spacial score (nSPS) is 13.4. The van der Waals surface area contributed by atoms with Crippen LogP contribution in [0.2, 0.25) is 0 Å². The number of hydrogen-bond acceptors (Lipinski definition) is 1. The second-order valence-electron chi connectivity index (χ2n) is 1.26. The molecule has 0 bridgehead atoms. The van der Waals surface area contributed by atoms with Gasteiger partial charge in [-0.15, -0.1) is 6.58 Å². The summed E-state index contributed by atoms with van der Waals surface area (Å²) in [5, 5.41) is 8.08. The van der Waals surface area contributed by atoms with Crippen LogP contribution in [0.25, 0.3) is 0 Å². The van der Waals surface area contributed by atoms with Gasteiger partial charge in [-0.2, -0.15) is 0 Å². The van der Waals surface area contributed by atoms with Gasteiger partial charge >= 0.3 is 0 Å². The number of rotatable bonds is 3. The largest absolute Gasteiger partial charge is 0.396 e. The summed E-state index contributed by atoms with van der Waals surface area (Å²) in [6.45, 7) is 3.09. The van der Waals surface area contributed by atoms with Gasteiger partial charge in [-0.1, -0.05) is 6.08 Å². The first-order valence-corrected chi connectivity index (χ1v) is 2.18. The molecule has 0 aromatic rings. The maximum atomic E-state index is 11.9. The summed E-state index contributed by atoms with van der Waals surface area (Å²) in [6, 6.07) is 0. The van der Waals surface area contributed by atoms with Crippen molar-refractivity contribution in [3.63, 3.8) is 0 Å². The van der Waals surface area contributed by atoms with Crippen LogP contribution in [0, 0.1) is 0 Å². The van der Waals surface area contributed by atoms with Gasteiger partial charge in [-0.25, -0.2) is 4.39 Å². The van der Waals surface area contributed by atoms with Gasteiger partial charge in [0.1, 0.15) is 6.17 Å². The van der Waals surface area contributed by atoms with E-state index < -0.39 is 6.17 Å². The molecule has 0 rings (SSSR count). The van der Waals surface area contributed by atoms with Gasteiger partial charge in [0.2, 0.25) is 0 Å². The molecule has 0 aromatic heterocycles. The van der Waals surface area contributed by atoms with E-state index in [0.29, 0.717) is 0 Å². The molecule has 0 fully saturated rings. The van der Waals surface area contributed by atoms with Crippen molar-refractivity contribution in [3.8, 4) is 0 Å².